The van der Waals surface area contributed by atoms with E-state index < -0.39 is 5.97 Å². The Labute approximate surface area is 107 Å². The first-order chi connectivity index (χ1) is 8.18. The van der Waals surface area contributed by atoms with Gasteiger partial charge in [-0.15, -0.1) is 13.2 Å². The zero-order valence-electron chi connectivity index (χ0n) is 11.7. The Morgan fingerprint density at radius 2 is 1.18 bits per heavy atom. The maximum atomic E-state index is 9.25. The van der Waals surface area contributed by atoms with Crippen LogP contribution in [0.4, 0.5) is 0 Å². The summed E-state index contributed by atoms with van der Waals surface area (Å²) < 4.78 is 0. The van der Waals surface area contributed by atoms with Crippen LogP contribution in [0.25, 0.3) is 0 Å². The van der Waals surface area contributed by atoms with E-state index in [0.717, 1.165) is 6.08 Å². The van der Waals surface area contributed by atoms with E-state index in [-0.39, 0.29) is 0 Å². The average molecular weight is 242 g/mol. The Hall–Kier alpha value is -1.05. The molecule has 0 aromatic heterocycles. The van der Waals surface area contributed by atoms with Crippen molar-refractivity contribution in [2.24, 2.45) is 0 Å². The normalized spacial score (nSPS) is 8.12. The highest BCUT2D eigenvalue weighted by atomic mass is 16.4. The second-order valence-electron chi connectivity index (χ2n) is 3.66. The number of hydrogen-bond acceptors (Lipinski definition) is 1. The minimum absolute atomic E-state index is 0.833. The summed E-state index contributed by atoms with van der Waals surface area (Å²) in [4.78, 5) is 9.25. The molecule has 0 unspecified atom stereocenters. The topological polar surface area (TPSA) is 37.3 Å². The fourth-order valence-electron chi connectivity index (χ4n) is 1.21. The minimum Gasteiger partial charge on any atom is -0.478 e. The molecule has 2 nitrogen and oxygen atoms in total. The average Bonchev–Trinajstić information content (AvgIpc) is 2.37. The lowest BCUT2D eigenvalue weighted by molar-refractivity contribution is -0.131. The van der Waals surface area contributed by atoms with Gasteiger partial charge < -0.3 is 5.11 Å². The van der Waals surface area contributed by atoms with Gasteiger partial charge in [0.25, 0.3) is 0 Å². The summed E-state index contributed by atoms with van der Waals surface area (Å²) in [5, 5.41) is 7.60. The molecule has 1 N–H and O–H groups in total. The first-order valence-electron chi connectivity index (χ1n) is 6.54. The molecule has 0 aliphatic heterocycles. The van der Waals surface area contributed by atoms with Crippen molar-refractivity contribution in [1.82, 2.24) is 0 Å². The van der Waals surface area contributed by atoms with Crippen LogP contribution < -0.4 is 0 Å². The van der Waals surface area contributed by atoms with Gasteiger partial charge in [0.05, 0.1) is 0 Å². The van der Waals surface area contributed by atoms with Crippen molar-refractivity contribution >= 4 is 5.97 Å². The fourth-order valence-corrected chi connectivity index (χ4v) is 1.21. The van der Waals surface area contributed by atoms with Crippen molar-refractivity contribution in [2.45, 2.75) is 65.2 Å². The SMILES string of the molecule is C=C.C=CC(=O)O.CCCCCCCCCC. The Kier molecular flexibility index (Phi) is 30.3. The van der Waals surface area contributed by atoms with Crippen molar-refractivity contribution in [1.29, 1.82) is 0 Å². The van der Waals surface area contributed by atoms with Gasteiger partial charge in [0.1, 0.15) is 0 Å². The van der Waals surface area contributed by atoms with Crippen LogP contribution in [-0.2, 0) is 4.79 Å². The lowest BCUT2D eigenvalue weighted by Crippen LogP contribution is -1.82. The van der Waals surface area contributed by atoms with E-state index in [9.17, 15) is 4.79 Å². The number of carbonyl (C=O) groups is 1. The molecule has 0 bridgehead atoms. The first-order valence-corrected chi connectivity index (χ1v) is 6.54. The molecule has 0 aromatic carbocycles. The molecule has 102 valence electrons. The molecule has 0 radical (unpaired) electrons. The van der Waals surface area contributed by atoms with Crippen molar-refractivity contribution in [3.8, 4) is 0 Å². The van der Waals surface area contributed by atoms with Crippen LogP contribution in [0, 0.1) is 0 Å². The largest absolute Gasteiger partial charge is 0.478 e. The molecule has 0 rings (SSSR count). The van der Waals surface area contributed by atoms with Gasteiger partial charge in [0.15, 0.2) is 0 Å². The Morgan fingerprint density at radius 3 is 1.35 bits per heavy atom. The highest BCUT2D eigenvalue weighted by molar-refractivity contribution is 5.78. The monoisotopic (exact) mass is 242 g/mol. The van der Waals surface area contributed by atoms with Crippen LogP contribution in [0.5, 0.6) is 0 Å². The van der Waals surface area contributed by atoms with E-state index in [1.165, 1.54) is 51.4 Å². The van der Waals surface area contributed by atoms with E-state index in [0.29, 0.717) is 0 Å². The van der Waals surface area contributed by atoms with E-state index in [4.69, 9.17) is 5.11 Å². The van der Waals surface area contributed by atoms with Gasteiger partial charge in [0.2, 0.25) is 0 Å². The molecule has 0 saturated heterocycles. The molecule has 0 fully saturated rings. The van der Waals surface area contributed by atoms with Gasteiger partial charge in [-0.1, -0.05) is 71.8 Å². The second-order valence-corrected chi connectivity index (χ2v) is 3.66. The van der Waals surface area contributed by atoms with Crippen molar-refractivity contribution in [2.75, 3.05) is 0 Å². The molecule has 2 heteroatoms. The quantitative estimate of drug-likeness (QED) is 0.360. The number of carboxylic acids is 1. The van der Waals surface area contributed by atoms with Crippen LogP contribution in [0.2, 0.25) is 0 Å². The Morgan fingerprint density at radius 1 is 0.941 bits per heavy atom. The molecule has 0 aromatic rings. The number of carboxylic acid groups (broad SMARTS) is 1. The second kappa shape index (κ2) is 24.3. The summed E-state index contributed by atoms with van der Waals surface area (Å²) in [6.07, 6.45) is 12.3. The van der Waals surface area contributed by atoms with Gasteiger partial charge in [-0.3, -0.25) is 0 Å². The number of unbranched alkanes of at least 4 members (excludes halogenated alkanes) is 7. The van der Waals surface area contributed by atoms with Crippen LogP contribution in [0.15, 0.2) is 25.8 Å². The zero-order valence-corrected chi connectivity index (χ0v) is 11.7. The first kappa shape index (κ1) is 21.3. The van der Waals surface area contributed by atoms with Crippen molar-refractivity contribution < 1.29 is 9.90 Å². The van der Waals surface area contributed by atoms with E-state index in [1.54, 1.807) is 0 Å². The molecular weight excluding hydrogens is 212 g/mol. The van der Waals surface area contributed by atoms with Gasteiger partial charge in [-0.25, -0.2) is 4.79 Å². The van der Waals surface area contributed by atoms with Crippen molar-refractivity contribution in [3.63, 3.8) is 0 Å². The fraction of sp³-hybridized carbons (Fsp3) is 0.667. The third-order valence-electron chi connectivity index (χ3n) is 2.13. The van der Waals surface area contributed by atoms with Gasteiger partial charge >= 0.3 is 5.97 Å². The maximum Gasteiger partial charge on any atom is 0.327 e. The molecule has 0 spiro atoms. The lowest BCUT2D eigenvalue weighted by atomic mass is 10.1. The van der Waals surface area contributed by atoms with Gasteiger partial charge in [-0.2, -0.15) is 0 Å². The number of hydrogen-bond donors (Lipinski definition) is 1. The molecule has 0 amide bonds. The summed E-state index contributed by atoms with van der Waals surface area (Å²) in [5.74, 6) is -0.981. The zero-order chi connectivity index (χ0) is 13.9. The summed E-state index contributed by atoms with van der Waals surface area (Å²) in [5.41, 5.74) is 0. The highest BCUT2D eigenvalue weighted by Crippen LogP contribution is 2.07. The summed E-state index contributed by atoms with van der Waals surface area (Å²) in [7, 11) is 0. The Bertz CT molecular complexity index is 145. The van der Waals surface area contributed by atoms with Gasteiger partial charge in [0, 0.05) is 6.08 Å². The van der Waals surface area contributed by atoms with E-state index in [2.05, 4.69) is 33.6 Å². The highest BCUT2D eigenvalue weighted by Gasteiger charge is 1.87. The van der Waals surface area contributed by atoms with Gasteiger partial charge in [-0.05, 0) is 0 Å². The molecule has 0 heterocycles. The molecule has 0 aliphatic rings. The summed E-state index contributed by atoms with van der Waals surface area (Å²) >= 11 is 0. The molecule has 0 atom stereocenters. The lowest BCUT2D eigenvalue weighted by Gasteiger charge is -1.97. The Balaban J connectivity index is -0.000000236. The van der Waals surface area contributed by atoms with E-state index in [1.807, 2.05) is 0 Å². The molecule has 17 heavy (non-hydrogen) atoms. The van der Waals surface area contributed by atoms with E-state index >= 15 is 0 Å². The van der Waals surface area contributed by atoms with Crippen LogP contribution >= 0.6 is 0 Å². The molecular formula is C15H30O2. The predicted octanol–water partition coefficient (Wildman–Crippen LogP) is 5.21. The van der Waals surface area contributed by atoms with Crippen molar-refractivity contribution in [3.05, 3.63) is 25.8 Å². The summed E-state index contributed by atoms with van der Waals surface area (Å²) in [6, 6.07) is 0. The molecule has 0 saturated carbocycles. The summed E-state index contributed by atoms with van der Waals surface area (Å²) in [6.45, 7) is 13.5. The smallest absolute Gasteiger partial charge is 0.327 e. The third kappa shape index (κ3) is 39.7. The van der Waals surface area contributed by atoms with Crippen LogP contribution in [-0.4, -0.2) is 11.1 Å². The third-order valence-corrected chi connectivity index (χ3v) is 2.13. The predicted molar refractivity (Wildman–Crippen MR) is 77.4 cm³/mol. The minimum atomic E-state index is -0.981. The number of aliphatic carboxylic acids is 1. The maximum absolute atomic E-state index is 9.25. The number of rotatable bonds is 8. The van der Waals surface area contributed by atoms with Crippen LogP contribution in [0.3, 0.4) is 0 Å². The molecule has 0 aliphatic carbocycles. The standard InChI is InChI=1S/C10H22.C3H4O2.C2H4/c1-3-5-7-9-10-8-6-4-2;1-2-3(4)5;1-2/h3-10H2,1-2H3;2H,1H2,(H,4,5);1-2H2. The van der Waals surface area contributed by atoms with Crippen LogP contribution in [0.1, 0.15) is 65.2 Å².